The van der Waals surface area contributed by atoms with Gasteiger partial charge in [0.2, 0.25) is 0 Å². The molecule has 1 fully saturated rings. The van der Waals surface area contributed by atoms with Crippen molar-refractivity contribution >= 4 is 25.5 Å². The summed E-state index contributed by atoms with van der Waals surface area (Å²) in [6.07, 6.45) is -1.38. The number of ether oxygens (including phenoxy) is 2. The Bertz CT molecular complexity index is 740. The van der Waals surface area contributed by atoms with E-state index in [1.165, 1.54) is 12.0 Å². The Hall–Kier alpha value is -1.72. The summed E-state index contributed by atoms with van der Waals surface area (Å²) in [4.78, 5) is 60.0. The quantitative estimate of drug-likeness (QED) is 0.0644. The van der Waals surface area contributed by atoms with Crippen LogP contribution in [-0.2, 0) is 28.4 Å². The zero-order chi connectivity index (χ0) is 28.6. The van der Waals surface area contributed by atoms with Crippen LogP contribution in [0.3, 0.4) is 0 Å². The van der Waals surface area contributed by atoms with Crippen LogP contribution in [0.2, 0.25) is 0 Å². The maximum atomic E-state index is 11.7. The number of carboxylic acids is 2. The highest BCUT2D eigenvalue weighted by molar-refractivity contribution is 7.51. The molecule has 0 amide bonds. The number of β-amino-alcohol motifs (C(OH)–C–C–N with tert-alkyl or cyclic N) is 1. The Balaban J connectivity index is 2.81. The average Bonchev–Trinajstić information content (AvgIpc) is 2.79. The van der Waals surface area contributed by atoms with Gasteiger partial charge in [-0.3, -0.25) is 38.5 Å². The van der Waals surface area contributed by atoms with Gasteiger partial charge in [-0.15, -0.1) is 0 Å². The van der Waals surface area contributed by atoms with Crippen molar-refractivity contribution < 1.29 is 53.5 Å². The number of aliphatic hydroxyl groups is 1. The number of methoxy groups -OCH3 is 1. The lowest BCUT2D eigenvalue weighted by Gasteiger charge is -2.34. The van der Waals surface area contributed by atoms with E-state index >= 15 is 0 Å². The van der Waals surface area contributed by atoms with Crippen molar-refractivity contribution in [2.24, 2.45) is 0 Å². The predicted molar refractivity (Wildman–Crippen MR) is 135 cm³/mol. The van der Waals surface area contributed by atoms with Gasteiger partial charge < -0.3 is 39.9 Å². The molecule has 1 rings (SSSR count). The van der Waals surface area contributed by atoms with E-state index in [1.807, 2.05) is 4.90 Å². The molecule has 0 aromatic carbocycles. The molecule has 0 aromatic rings. The Morgan fingerprint density at radius 3 is 1.76 bits per heavy atom. The Kier molecular flexibility index (Phi) is 16.7. The fraction of sp³-hybridized carbons (Fsp3) is 0.857. The average molecular weight is 572 g/mol. The first-order valence-electron chi connectivity index (χ1n) is 12.3. The Morgan fingerprint density at radius 2 is 1.32 bits per heavy atom. The van der Waals surface area contributed by atoms with Crippen molar-refractivity contribution in [3.8, 4) is 0 Å². The molecule has 1 heterocycles. The molecule has 0 bridgehead atoms. The van der Waals surface area contributed by atoms with Crippen molar-refractivity contribution in [1.29, 1.82) is 0 Å². The van der Waals surface area contributed by atoms with E-state index in [-0.39, 0.29) is 72.1 Å². The number of aliphatic carboxylic acids is 2. The molecule has 0 aromatic heterocycles. The molecule has 0 radical (unpaired) electrons. The zero-order valence-electron chi connectivity index (χ0n) is 21.8. The van der Waals surface area contributed by atoms with Gasteiger partial charge in [-0.05, 0) is 0 Å². The topological polar surface area (TPSA) is 213 Å². The smallest absolute Gasteiger partial charge is 0.339 e. The number of carboxylic acid groups (broad SMARTS) is 2. The summed E-state index contributed by atoms with van der Waals surface area (Å²) in [5.41, 5.74) is 0. The minimum absolute atomic E-state index is 0.0926. The van der Waals surface area contributed by atoms with Crippen molar-refractivity contribution in [3.05, 3.63) is 0 Å². The van der Waals surface area contributed by atoms with Crippen molar-refractivity contribution in [1.82, 2.24) is 24.9 Å². The molecular weight excluding hydrogens is 529 g/mol. The molecule has 1 unspecified atom stereocenters. The minimum atomic E-state index is -4.38. The van der Waals surface area contributed by atoms with E-state index in [9.17, 15) is 44.1 Å². The maximum absolute atomic E-state index is 11.7. The lowest BCUT2D eigenvalue weighted by atomic mass is 10.2. The number of nitrogens with one attached hydrogen (secondary N) is 1. The van der Waals surface area contributed by atoms with Crippen LogP contribution in [-0.4, -0.2) is 180 Å². The third kappa shape index (κ3) is 17.7. The van der Waals surface area contributed by atoms with Gasteiger partial charge in [-0.1, -0.05) is 0 Å². The highest BCUT2D eigenvalue weighted by Crippen LogP contribution is 2.34. The summed E-state index contributed by atoms with van der Waals surface area (Å²) in [6.45, 7) is 2.26. The lowest BCUT2D eigenvalue weighted by molar-refractivity contribution is -0.144. The molecule has 0 aliphatic carbocycles. The van der Waals surface area contributed by atoms with Crippen LogP contribution in [0.5, 0.6) is 0 Å². The van der Waals surface area contributed by atoms with E-state index in [0.29, 0.717) is 26.2 Å². The van der Waals surface area contributed by atoms with Crippen LogP contribution in [0, 0.1) is 0 Å². The second-order valence-corrected chi connectivity index (χ2v) is 10.7. The van der Waals surface area contributed by atoms with E-state index < -0.39 is 37.9 Å². The first-order valence-corrected chi connectivity index (χ1v) is 14.1. The number of esters is 1. The van der Waals surface area contributed by atoms with E-state index in [0.717, 1.165) is 0 Å². The molecule has 0 spiro atoms. The van der Waals surface area contributed by atoms with E-state index in [1.54, 1.807) is 9.80 Å². The normalized spacial score (nSPS) is 18.8. The van der Waals surface area contributed by atoms with Gasteiger partial charge in [0.15, 0.2) is 0 Å². The lowest BCUT2D eigenvalue weighted by Crippen LogP contribution is -2.49. The summed E-state index contributed by atoms with van der Waals surface area (Å²) in [5, 5.41) is 31.9. The fourth-order valence-electron chi connectivity index (χ4n) is 3.86. The van der Waals surface area contributed by atoms with Crippen molar-refractivity contribution in [2.75, 3.05) is 112 Å². The summed E-state index contributed by atoms with van der Waals surface area (Å²) in [6, 6.07) is 0. The number of rotatable bonds is 15. The number of nitrogens with zero attached hydrogens (tertiary/aromatic N) is 4. The van der Waals surface area contributed by atoms with Crippen molar-refractivity contribution in [3.63, 3.8) is 0 Å². The van der Waals surface area contributed by atoms with Gasteiger partial charge >= 0.3 is 25.5 Å². The third-order valence-corrected chi connectivity index (χ3v) is 6.47. The first-order chi connectivity index (χ1) is 17.9. The molecule has 1 aliphatic rings. The highest BCUT2D eigenvalue weighted by Gasteiger charge is 2.24. The van der Waals surface area contributed by atoms with Crippen LogP contribution >= 0.6 is 7.60 Å². The molecule has 1 saturated heterocycles. The van der Waals surface area contributed by atoms with Gasteiger partial charge in [0.05, 0.1) is 32.3 Å². The number of hydrogen-bond acceptors (Lipinski definition) is 12. The van der Waals surface area contributed by atoms with Gasteiger partial charge in [-0.2, -0.15) is 0 Å². The van der Waals surface area contributed by atoms with Crippen LogP contribution in [0.25, 0.3) is 0 Å². The zero-order valence-corrected chi connectivity index (χ0v) is 22.7. The molecule has 6 N–H and O–H groups in total. The molecule has 0 saturated carbocycles. The van der Waals surface area contributed by atoms with E-state index in [2.05, 4.69) is 5.32 Å². The highest BCUT2D eigenvalue weighted by atomic mass is 31.2. The van der Waals surface area contributed by atoms with Crippen LogP contribution in [0.1, 0.15) is 0 Å². The number of hydrogen-bond donors (Lipinski definition) is 6. The van der Waals surface area contributed by atoms with Crippen LogP contribution in [0.15, 0.2) is 0 Å². The fourth-order valence-corrected chi connectivity index (χ4v) is 4.66. The number of carbonyl (C=O) groups is 3. The van der Waals surface area contributed by atoms with Crippen LogP contribution in [0.4, 0.5) is 0 Å². The van der Waals surface area contributed by atoms with Gasteiger partial charge in [0.25, 0.3) is 0 Å². The minimum Gasteiger partial charge on any atom is -0.480 e. The first kappa shape index (κ1) is 34.3. The predicted octanol–water partition coefficient (Wildman–Crippen LogP) is -3.35. The molecule has 222 valence electrons. The van der Waals surface area contributed by atoms with Gasteiger partial charge in [0, 0.05) is 72.6 Å². The largest absolute Gasteiger partial charge is 0.480 e. The second kappa shape index (κ2) is 18.5. The summed E-state index contributed by atoms with van der Waals surface area (Å²) < 4.78 is 21.3. The van der Waals surface area contributed by atoms with Crippen LogP contribution < -0.4 is 5.32 Å². The monoisotopic (exact) mass is 571 g/mol. The van der Waals surface area contributed by atoms with Crippen molar-refractivity contribution in [2.45, 2.75) is 6.10 Å². The molecule has 1 atom stereocenters. The maximum Gasteiger partial charge on any atom is 0.339 e. The number of carbonyl (C=O) groups excluding carboxylic acids is 1. The Morgan fingerprint density at radius 1 is 0.842 bits per heavy atom. The molecule has 17 heteroatoms. The standard InChI is InChI=1S/C21H42N5O11P/c1-36-10-11-37-21(32)13-22-12-18(27)14-23-2-4-24(15-19(28)29)6-8-26(17-38(33,34)35)9-7-25(5-3-23)16-20(30)31/h18,22,27H,2-17H2,1H3,(H,28,29)(H,30,31)(H2,33,34,35). The summed E-state index contributed by atoms with van der Waals surface area (Å²) in [5.74, 6) is -2.57. The van der Waals surface area contributed by atoms with E-state index in [4.69, 9.17) is 9.47 Å². The second-order valence-electron chi connectivity index (χ2n) is 9.06. The Labute approximate surface area is 222 Å². The summed E-state index contributed by atoms with van der Waals surface area (Å²) >= 11 is 0. The third-order valence-electron chi connectivity index (χ3n) is 5.70. The summed E-state index contributed by atoms with van der Waals surface area (Å²) in [7, 11) is -2.89. The molecular formula is C21H42N5O11P. The molecule has 38 heavy (non-hydrogen) atoms. The number of aliphatic hydroxyl groups excluding tert-OH is 1. The SMILES string of the molecule is COCCOC(=O)CNCC(O)CN1CCN(CC(=O)O)CCN(CP(=O)(O)O)CCN(CC(=O)O)CC1. The molecule has 1 aliphatic heterocycles. The van der Waals surface area contributed by atoms with Gasteiger partial charge in [-0.25, -0.2) is 0 Å². The molecule has 16 nitrogen and oxygen atoms in total. The van der Waals surface area contributed by atoms with Gasteiger partial charge in [0.1, 0.15) is 12.9 Å².